The van der Waals surface area contributed by atoms with Crippen molar-refractivity contribution in [1.29, 1.82) is 0 Å². The van der Waals surface area contributed by atoms with Crippen molar-refractivity contribution in [2.75, 3.05) is 0 Å². The SMILES string of the molecule is c1cccc(-c2cc(-c3nc(-c4ccc(-c5ccccc5)cc4)nc(-c4cccc5oc6ccccc6c45)n3)cc(-c3ccccc3)c2-n2c3c(c4cc(-c5ccccc5)ccc42)C=C(c2ccccc2)CC3)c#1. The fraction of sp³-hybridized carbons (Fsp3) is 0.0290. The van der Waals surface area contributed by atoms with Gasteiger partial charge in [0.2, 0.25) is 0 Å². The first-order chi connectivity index (χ1) is 36.7. The lowest BCUT2D eigenvalue weighted by atomic mass is 9.90. The number of hydrogen-bond acceptors (Lipinski definition) is 4. The van der Waals surface area contributed by atoms with Gasteiger partial charge in [0.25, 0.3) is 0 Å². The topological polar surface area (TPSA) is 56.7 Å². The Balaban J connectivity index is 1.04. The van der Waals surface area contributed by atoms with E-state index in [-0.39, 0.29) is 0 Å². The third-order valence-corrected chi connectivity index (χ3v) is 14.5. The summed E-state index contributed by atoms with van der Waals surface area (Å²) in [6.45, 7) is 0. The summed E-state index contributed by atoms with van der Waals surface area (Å²) in [6.07, 6.45) is 4.19. The Hall–Kier alpha value is -9.89. The maximum absolute atomic E-state index is 6.42. The highest BCUT2D eigenvalue weighted by molar-refractivity contribution is 6.12. The Labute approximate surface area is 429 Å². The van der Waals surface area contributed by atoms with E-state index in [9.17, 15) is 0 Å². The van der Waals surface area contributed by atoms with Crippen molar-refractivity contribution in [3.8, 4) is 84.4 Å². The minimum Gasteiger partial charge on any atom is -0.456 e. The number of allylic oxidation sites excluding steroid dienone is 1. The van der Waals surface area contributed by atoms with Crippen LogP contribution in [0.1, 0.15) is 23.2 Å². The zero-order chi connectivity index (χ0) is 49.0. The molecule has 0 saturated carbocycles. The molecule has 0 aliphatic heterocycles. The molecule has 10 aromatic carbocycles. The van der Waals surface area contributed by atoms with Gasteiger partial charge in [-0.15, -0.1) is 0 Å². The van der Waals surface area contributed by atoms with E-state index in [2.05, 4.69) is 211 Å². The first-order valence-electron chi connectivity index (χ1n) is 25.1. The van der Waals surface area contributed by atoms with E-state index >= 15 is 0 Å². The molecular formula is C69H44N4O. The Bertz CT molecular complexity index is 4200. The standard InChI is InChI=1S/C69H44N4O/c1-6-19-45(20-7-1)48-33-35-51(36-34-48)67-70-68(72-69(71-67)56-30-18-32-64-65(56)55-29-16-17-31-63(55)74-64)54-43-57(49-25-12-4-13-26-49)66(58(44-54)50-27-14-5-15-28-50)73-61-39-37-52(46-21-8-2-9-22-46)41-59(61)60-42-53(38-40-62(60)73)47-23-10-3-11-24-47/h1-14,16-27,29-37,39,41-44H,38,40H2. The number of furan rings is 1. The molecule has 3 aromatic heterocycles. The first-order valence-corrected chi connectivity index (χ1v) is 25.1. The van der Waals surface area contributed by atoms with Gasteiger partial charge in [0.1, 0.15) is 11.2 Å². The molecule has 5 nitrogen and oxygen atoms in total. The molecule has 0 fully saturated rings. The molecule has 0 amide bonds. The number of hydrogen-bond donors (Lipinski definition) is 0. The largest absolute Gasteiger partial charge is 0.456 e. The lowest BCUT2D eigenvalue weighted by Gasteiger charge is -2.23. The molecule has 14 rings (SSSR count). The summed E-state index contributed by atoms with van der Waals surface area (Å²) < 4.78 is 8.95. The van der Waals surface area contributed by atoms with Crippen molar-refractivity contribution >= 4 is 44.5 Å². The van der Waals surface area contributed by atoms with Crippen LogP contribution in [0.2, 0.25) is 0 Å². The molecule has 1 aliphatic rings. The van der Waals surface area contributed by atoms with Crippen molar-refractivity contribution < 1.29 is 4.42 Å². The maximum Gasteiger partial charge on any atom is 0.164 e. The minimum atomic E-state index is 0.550. The van der Waals surface area contributed by atoms with Crippen LogP contribution in [0.5, 0.6) is 0 Å². The monoisotopic (exact) mass is 944 g/mol. The van der Waals surface area contributed by atoms with Gasteiger partial charge in [0.15, 0.2) is 17.5 Å². The third-order valence-electron chi connectivity index (χ3n) is 14.5. The molecule has 346 valence electrons. The van der Waals surface area contributed by atoms with E-state index in [0.717, 1.165) is 96.1 Å². The second-order valence-corrected chi connectivity index (χ2v) is 18.9. The van der Waals surface area contributed by atoms with Gasteiger partial charge in [-0.25, -0.2) is 15.0 Å². The van der Waals surface area contributed by atoms with Crippen molar-refractivity contribution in [3.63, 3.8) is 0 Å². The Morgan fingerprint density at radius 1 is 0.405 bits per heavy atom. The van der Waals surface area contributed by atoms with Gasteiger partial charge in [-0.2, -0.15) is 0 Å². The molecule has 1 aliphatic carbocycles. The molecule has 0 saturated heterocycles. The predicted octanol–water partition coefficient (Wildman–Crippen LogP) is 17.5. The predicted molar refractivity (Wildman–Crippen MR) is 302 cm³/mol. The molecule has 0 atom stereocenters. The Morgan fingerprint density at radius 2 is 1.00 bits per heavy atom. The summed E-state index contributed by atoms with van der Waals surface area (Å²) in [4.78, 5) is 16.2. The van der Waals surface area contributed by atoms with Crippen LogP contribution in [0.25, 0.3) is 129 Å². The molecule has 0 unspecified atom stereocenters. The van der Waals surface area contributed by atoms with E-state index in [1.54, 1.807) is 0 Å². The number of aromatic nitrogens is 4. The lowest BCUT2D eigenvalue weighted by Crippen LogP contribution is -2.08. The Kier molecular flexibility index (Phi) is 10.5. The van der Waals surface area contributed by atoms with Crippen LogP contribution in [0, 0.1) is 12.1 Å². The van der Waals surface area contributed by atoms with E-state index < -0.39 is 0 Å². The van der Waals surface area contributed by atoms with Crippen LogP contribution >= 0.6 is 0 Å². The van der Waals surface area contributed by atoms with Gasteiger partial charge < -0.3 is 8.98 Å². The fourth-order valence-electron chi connectivity index (χ4n) is 10.9. The summed E-state index contributed by atoms with van der Waals surface area (Å²) in [5.74, 6) is 1.68. The minimum absolute atomic E-state index is 0.550. The average Bonchev–Trinajstić information content (AvgIpc) is 4.03. The van der Waals surface area contributed by atoms with Crippen molar-refractivity contribution in [1.82, 2.24) is 19.5 Å². The summed E-state index contributed by atoms with van der Waals surface area (Å²) >= 11 is 0. The number of rotatable bonds is 9. The Morgan fingerprint density at radius 3 is 1.73 bits per heavy atom. The highest BCUT2D eigenvalue weighted by atomic mass is 16.3. The highest BCUT2D eigenvalue weighted by Gasteiger charge is 2.28. The van der Waals surface area contributed by atoms with Crippen LogP contribution in [0.4, 0.5) is 0 Å². The molecule has 3 heterocycles. The van der Waals surface area contributed by atoms with Crippen LogP contribution in [0.3, 0.4) is 0 Å². The third kappa shape index (κ3) is 7.56. The van der Waals surface area contributed by atoms with Gasteiger partial charge in [0, 0.05) is 60.8 Å². The molecular weight excluding hydrogens is 901 g/mol. The second kappa shape index (κ2) is 18.1. The normalized spacial score (nSPS) is 12.2. The molecule has 0 N–H and O–H groups in total. The van der Waals surface area contributed by atoms with Gasteiger partial charge in [-0.3, -0.25) is 0 Å². The molecule has 0 bridgehead atoms. The van der Waals surface area contributed by atoms with Gasteiger partial charge >= 0.3 is 0 Å². The van der Waals surface area contributed by atoms with Crippen molar-refractivity contribution in [3.05, 3.63) is 266 Å². The summed E-state index contributed by atoms with van der Waals surface area (Å²) in [6, 6.07) is 89.9. The van der Waals surface area contributed by atoms with Crippen LogP contribution in [-0.4, -0.2) is 19.5 Å². The van der Waals surface area contributed by atoms with Crippen molar-refractivity contribution in [2.45, 2.75) is 12.8 Å². The average molecular weight is 945 g/mol. The second-order valence-electron chi connectivity index (χ2n) is 18.9. The summed E-state index contributed by atoms with van der Waals surface area (Å²) in [5.41, 5.74) is 20.1. The zero-order valence-electron chi connectivity index (χ0n) is 40.2. The molecule has 0 radical (unpaired) electrons. The lowest BCUT2D eigenvalue weighted by molar-refractivity contribution is 0.669. The quantitative estimate of drug-likeness (QED) is 0.145. The van der Waals surface area contributed by atoms with E-state index in [1.807, 2.05) is 48.5 Å². The molecule has 13 aromatic rings. The smallest absolute Gasteiger partial charge is 0.164 e. The summed E-state index contributed by atoms with van der Waals surface area (Å²) in [5, 5.41) is 3.18. The van der Waals surface area contributed by atoms with Gasteiger partial charge in [0.05, 0.1) is 11.2 Å². The zero-order valence-corrected chi connectivity index (χ0v) is 40.2. The molecule has 0 spiro atoms. The number of fused-ring (bicyclic) bond motifs is 6. The first kappa shape index (κ1) is 42.9. The number of nitrogens with zero attached hydrogens (tertiary/aromatic N) is 4. The number of benzene rings is 9. The van der Waals surface area contributed by atoms with E-state index in [1.165, 1.54) is 38.9 Å². The molecule has 5 heteroatoms. The van der Waals surface area contributed by atoms with Gasteiger partial charge in [-0.05, 0) is 106 Å². The highest BCUT2D eigenvalue weighted by Crippen LogP contribution is 2.46. The van der Waals surface area contributed by atoms with E-state index in [0.29, 0.717) is 17.5 Å². The van der Waals surface area contributed by atoms with Crippen LogP contribution in [-0.2, 0) is 6.42 Å². The van der Waals surface area contributed by atoms with Crippen LogP contribution < -0.4 is 0 Å². The fourth-order valence-corrected chi connectivity index (χ4v) is 10.9. The molecule has 74 heavy (non-hydrogen) atoms. The number of para-hydroxylation sites is 1. The summed E-state index contributed by atoms with van der Waals surface area (Å²) in [7, 11) is 0. The van der Waals surface area contributed by atoms with Crippen LogP contribution in [0.15, 0.2) is 241 Å². The van der Waals surface area contributed by atoms with Crippen molar-refractivity contribution in [2.24, 2.45) is 0 Å². The van der Waals surface area contributed by atoms with E-state index in [4.69, 9.17) is 19.4 Å². The van der Waals surface area contributed by atoms with Gasteiger partial charge in [-0.1, -0.05) is 200 Å². The maximum atomic E-state index is 6.42.